The zero-order valence-electron chi connectivity index (χ0n) is 14.4. The van der Waals surface area contributed by atoms with Crippen molar-refractivity contribution in [3.05, 3.63) is 59.4 Å². The van der Waals surface area contributed by atoms with Gasteiger partial charge in [0.2, 0.25) is 0 Å². The highest BCUT2D eigenvalue weighted by Crippen LogP contribution is 2.48. The fourth-order valence-corrected chi connectivity index (χ4v) is 4.55. The molecule has 1 aliphatic carbocycles. The van der Waals surface area contributed by atoms with Crippen LogP contribution < -0.4 is 10.1 Å². The zero-order valence-corrected chi connectivity index (χ0v) is 15.2. The Morgan fingerprint density at radius 1 is 1.08 bits per heavy atom. The molecule has 3 aromatic rings. The van der Waals surface area contributed by atoms with E-state index in [-0.39, 0.29) is 11.6 Å². The van der Waals surface area contributed by atoms with Crippen LogP contribution in [0.1, 0.15) is 43.7 Å². The van der Waals surface area contributed by atoms with Gasteiger partial charge in [-0.15, -0.1) is 0 Å². The summed E-state index contributed by atoms with van der Waals surface area (Å²) < 4.78 is 6.46. The fraction of sp³-hybridized carbons (Fsp3) is 0.333. The van der Waals surface area contributed by atoms with Crippen molar-refractivity contribution in [3.63, 3.8) is 0 Å². The molecule has 2 heterocycles. The number of fused-ring (bicyclic) bond motifs is 2. The highest BCUT2D eigenvalue weighted by molar-refractivity contribution is 6.31. The molecule has 1 atom stereocenters. The van der Waals surface area contributed by atoms with Gasteiger partial charge >= 0.3 is 0 Å². The van der Waals surface area contributed by atoms with Gasteiger partial charge in [0, 0.05) is 22.4 Å². The Labute approximate surface area is 157 Å². The van der Waals surface area contributed by atoms with E-state index in [9.17, 15) is 0 Å². The van der Waals surface area contributed by atoms with Crippen molar-refractivity contribution in [3.8, 4) is 5.75 Å². The third-order valence-corrected chi connectivity index (χ3v) is 5.86. The molecule has 0 amide bonds. The lowest BCUT2D eigenvalue weighted by molar-refractivity contribution is 0.0453. The van der Waals surface area contributed by atoms with Crippen LogP contribution in [0.4, 0.5) is 5.82 Å². The van der Waals surface area contributed by atoms with E-state index >= 15 is 0 Å². The van der Waals surface area contributed by atoms with Crippen LogP contribution in [0.5, 0.6) is 5.75 Å². The fourth-order valence-electron chi connectivity index (χ4n) is 4.38. The highest BCUT2D eigenvalue weighted by atomic mass is 35.5. The maximum atomic E-state index is 6.46. The van der Waals surface area contributed by atoms with Crippen LogP contribution in [0.15, 0.2) is 48.8 Å². The number of aromatic nitrogens is 2. The largest absolute Gasteiger partial charge is 0.487 e. The topological polar surface area (TPSA) is 47.0 Å². The number of para-hydroxylation sites is 1. The maximum Gasteiger partial charge on any atom is 0.137 e. The molecule has 0 radical (unpaired) electrons. The number of nitrogens with zero attached hydrogens (tertiary/aromatic N) is 2. The molecule has 2 aliphatic rings. The Kier molecular flexibility index (Phi) is 3.75. The summed E-state index contributed by atoms with van der Waals surface area (Å²) in [5.41, 5.74) is 2.01. The second kappa shape index (κ2) is 6.13. The van der Waals surface area contributed by atoms with Gasteiger partial charge in [-0.05, 0) is 49.9 Å². The van der Waals surface area contributed by atoms with Crippen molar-refractivity contribution in [2.45, 2.75) is 43.7 Å². The quantitative estimate of drug-likeness (QED) is 0.648. The third-order valence-electron chi connectivity index (χ3n) is 5.62. The van der Waals surface area contributed by atoms with Crippen LogP contribution in [-0.2, 0) is 0 Å². The van der Waals surface area contributed by atoms with Gasteiger partial charge in [0.15, 0.2) is 0 Å². The average Bonchev–Trinajstić information content (AvgIpc) is 3.09. The van der Waals surface area contributed by atoms with Gasteiger partial charge in [0.1, 0.15) is 23.5 Å². The lowest BCUT2D eigenvalue weighted by Gasteiger charge is -2.40. The van der Waals surface area contributed by atoms with E-state index in [1.165, 1.54) is 18.4 Å². The van der Waals surface area contributed by atoms with Crippen molar-refractivity contribution < 1.29 is 4.74 Å². The molecule has 2 aromatic carbocycles. The number of rotatable bonds is 2. The first-order valence-corrected chi connectivity index (χ1v) is 9.55. The van der Waals surface area contributed by atoms with E-state index in [0.717, 1.165) is 41.7 Å². The standard InChI is InChI=1S/C21H20ClN3O/c22-14-7-8-16-17(11-14)23-13-24-20(16)25-18-12-21(9-3-4-10-21)26-19-6-2-1-5-15(18)19/h1-2,5-8,11,13,18H,3-4,9-10,12H2,(H,23,24,25). The molecule has 5 rings (SSSR count). The molecule has 0 saturated heterocycles. The lowest BCUT2D eigenvalue weighted by Crippen LogP contribution is -2.40. The minimum atomic E-state index is -0.0435. The minimum Gasteiger partial charge on any atom is -0.487 e. The van der Waals surface area contributed by atoms with Gasteiger partial charge < -0.3 is 10.1 Å². The molecule has 26 heavy (non-hydrogen) atoms. The molecule has 132 valence electrons. The number of benzene rings is 2. The maximum absolute atomic E-state index is 6.46. The summed E-state index contributed by atoms with van der Waals surface area (Å²) in [5.74, 6) is 1.85. The van der Waals surface area contributed by atoms with Gasteiger partial charge in [0.05, 0.1) is 11.6 Å². The Balaban J connectivity index is 1.55. The van der Waals surface area contributed by atoms with Crippen molar-refractivity contribution >= 4 is 28.3 Å². The van der Waals surface area contributed by atoms with E-state index < -0.39 is 0 Å². The first kappa shape index (κ1) is 15.9. The molecular formula is C21H20ClN3O. The minimum absolute atomic E-state index is 0.0435. The molecule has 1 fully saturated rings. The summed E-state index contributed by atoms with van der Waals surface area (Å²) in [6.45, 7) is 0. The lowest BCUT2D eigenvalue weighted by atomic mass is 9.86. The molecule has 5 heteroatoms. The van der Waals surface area contributed by atoms with Gasteiger partial charge in [-0.1, -0.05) is 29.8 Å². The van der Waals surface area contributed by atoms with Gasteiger partial charge in [-0.2, -0.15) is 0 Å². The molecule has 1 aromatic heterocycles. The number of ether oxygens (including phenoxy) is 1. The van der Waals surface area contributed by atoms with Crippen LogP contribution in [0.25, 0.3) is 10.9 Å². The summed E-state index contributed by atoms with van der Waals surface area (Å²) in [7, 11) is 0. The number of hydrogen-bond acceptors (Lipinski definition) is 4. The van der Waals surface area contributed by atoms with Gasteiger partial charge in [-0.25, -0.2) is 9.97 Å². The summed E-state index contributed by atoms with van der Waals surface area (Å²) in [4.78, 5) is 8.86. The number of hydrogen-bond donors (Lipinski definition) is 1. The summed E-state index contributed by atoms with van der Waals surface area (Å²) >= 11 is 6.11. The smallest absolute Gasteiger partial charge is 0.137 e. The van der Waals surface area contributed by atoms with Crippen LogP contribution in [-0.4, -0.2) is 15.6 Å². The molecule has 1 N–H and O–H groups in total. The average molecular weight is 366 g/mol. The van der Waals surface area contributed by atoms with Crippen LogP contribution in [0, 0.1) is 0 Å². The number of nitrogens with one attached hydrogen (secondary N) is 1. The van der Waals surface area contributed by atoms with Gasteiger partial charge in [0.25, 0.3) is 0 Å². The van der Waals surface area contributed by atoms with Crippen molar-refractivity contribution in [1.82, 2.24) is 9.97 Å². The monoisotopic (exact) mass is 365 g/mol. The van der Waals surface area contributed by atoms with E-state index in [0.29, 0.717) is 5.02 Å². The summed E-state index contributed by atoms with van der Waals surface area (Å²) in [6, 6.07) is 14.3. The molecule has 0 bridgehead atoms. The van der Waals surface area contributed by atoms with Crippen molar-refractivity contribution in [2.24, 2.45) is 0 Å². The second-order valence-corrected chi connectivity index (χ2v) is 7.75. The Hall–Kier alpha value is -2.33. The zero-order chi connectivity index (χ0) is 17.6. The van der Waals surface area contributed by atoms with Crippen LogP contribution in [0.3, 0.4) is 0 Å². The molecule has 4 nitrogen and oxygen atoms in total. The highest BCUT2D eigenvalue weighted by Gasteiger charge is 2.43. The normalized spacial score (nSPS) is 20.7. The summed E-state index contributed by atoms with van der Waals surface area (Å²) in [5, 5.41) is 5.35. The molecule has 1 unspecified atom stereocenters. The Morgan fingerprint density at radius 2 is 1.92 bits per heavy atom. The van der Waals surface area contributed by atoms with E-state index in [4.69, 9.17) is 16.3 Å². The first-order valence-electron chi connectivity index (χ1n) is 9.17. The molecule has 1 spiro atoms. The van der Waals surface area contributed by atoms with Crippen LogP contribution >= 0.6 is 11.6 Å². The predicted molar refractivity (Wildman–Crippen MR) is 104 cm³/mol. The van der Waals surface area contributed by atoms with E-state index in [1.807, 2.05) is 24.3 Å². The predicted octanol–water partition coefficient (Wildman–Crippen LogP) is 5.53. The van der Waals surface area contributed by atoms with E-state index in [1.54, 1.807) is 6.33 Å². The molecule has 1 saturated carbocycles. The molecular weight excluding hydrogens is 346 g/mol. The summed E-state index contributed by atoms with van der Waals surface area (Å²) in [6.07, 6.45) is 7.29. The molecule has 1 aliphatic heterocycles. The van der Waals surface area contributed by atoms with Crippen molar-refractivity contribution in [2.75, 3.05) is 5.32 Å². The SMILES string of the molecule is Clc1ccc2c(NC3CC4(CCCC4)Oc4ccccc43)ncnc2c1. The number of halogens is 1. The van der Waals surface area contributed by atoms with E-state index in [2.05, 4.69) is 33.5 Å². The van der Waals surface area contributed by atoms with Crippen molar-refractivity contribution in [1.29, 1.82) is 0 Å². The Morgan fingerprint density at radius 3 is 2.81 bits per heavy atom. The third kappa shape index (κ3) is 2.69. The number of anilines is 1. The van der Waals surface area contributed by atoms with Crippen LogP contribution in [0.2, 0.25) is 5.02 Å². The second-order valence-electron chi connectivity index (χ2n) is 7.31. The van der Waals surface area contributed by atoms with Gasteiger partial charge in [-0.3, -0.25) is 0 Å². The Bertz CT molecular complexity index is 968. The first-order chi connectivity index (χ1) is 12.7.